The van der Waals surface area contributed by atoms with Crippen LogP contribution in [0.1, 0.15) is 5.56 Å². The van der Waals surface area contributed by atoms with Crippen molar-refractivity contribution in [2.45, 2.75) is 6.42 Å². The Morgan fingerprint density at radius 3 is 2.60 bits per heavy atom. The van der Waals surface area contributed by atoms with E-state index in [1.54, 1.807) is 7.11 Å². The molecule has 0 bridgehead atoms. The minimum atomic E-state index is 0.493. The molecule has 4 heteroatoms. The van der Waals surface area contributed by atoms with Gasteiger partial charge in [-0.3, -0.25) is 0 Å². The molecule has 2 N–H and O–H groups in total. The Hall–Kier alpha value is -1.26. The summed E-state index contributed by atoms with van der Waals surface area (Å²) >= 11 is 0. The van der Waals surface area contributed by atoms with Gasteiger partial charge in [0.25, 0.3) is 0 Å². The fourth-order valence-electron chi connectivity index (χ4n) is 1.41. The zero-order valence-electron chi connectivity index (χ0n) is 9.49. The van der Waals surface area contributed by atoms with Crippen molar-refractivity contribution in [1.82, 2.24) is 0 Å². The first-order chi connectivity index (χ1) is 7.19. The molecule has 0 amide bonds. The molecular weight excluding hydrogens is 192 g/mol. The molecule has 0 saturated heterocycles. The molecule has 0 aromatic heterocycles. The molecule has 0 atom stereocenters. The Balaban J connectivity index is 2.91. The molecule has 1 rings (SSSR count). The number of anilines is 1. The van der Waals surface area contributed by atoms with E-state index in [1.165, 1.54) is 0 Å². The molecule has 15 heavy (non-hydrogen) atoms. The molecule has 0 spiro atoms. The van der Waals surface area contributed by atoms with Crippen molar-refractivity contribution < 1.29 is 9.57 Å². The van der Waals surface area contributed by atoms with Crippen molar-refractivity contribution in [2.75, 3.05) is 32.7 Å². The third kappa shape index (κ3) is 3.11. The highest BCUT2D eigenvalue weighted by Crippen LogP contribution is 2.24. The SMILES string of the molecule is COc1ccc(N(C)C)cc1CCON. The predicted octanol–water partition coefficient (Wildman–Crippen LogP) is 1.19. The van der Waals surface area contributed by atoms with E-state index in [-0.39, 0.29) is 0 Å². The Bertz CT molecular complexity index is 313. The molecule has 0 aliphatic rings. The van der Waals surface area contributed by atoms with Gasteiger partial charge in [-0.05, 0) is 23.8 Å². The fraction of sp³-hybridized carbons (Fsp3) is 0.455. The van der Waals surface area contributed by atoms with E-state index >= 15 is 0 Å². The maximum Gasteiger partial charge on any atom is 0.122 e. The van der Waals surface area contributed by atoms with E-state index < -0.39 is 0 Å². The lowest BCUT2D eigenvalue weighted by Gasteiger charge is -2.15. The van der Waals surface area contributed by atoms with Gasteiger partial charge < -0.3 is 14.5 Å². The molecular formula is C11H18N2O2. The van der Waals surface area contributed by atoms with E-state index in [4.69, 9.17) is 10.6 Å². The first-order valence-corrected chi connectivity index (χ1v) is 4.85. The van der Waals surface area contributed by atoms with Crippen molar-refractivity contribution in [2.24, 2.45) is 5.90 Å². The Morgan fingerprint density at radius 2 is 2.07 bits per heavy atom. The van der Waals surface area contributed by atoms with Crippen LogP contribution in [-0.4, -0.2) is 27.8 Å². The van der Waals surface area contributed by atoms with Gasteiger partial charge in [-0.1, -0.05) is 0 Å². The van der Waals surface area contributed by atoms with Crippen LogP contribution in [0.5, 0.6) is 5.75 Å². The minimum Gasteiger partial charge on any atom is -0.496 e. The van der Waals surface area contributed by atoms with Crippen LogP contribution in [0, 0.1) is 0 Å². The molecule has 0 radical (unpaired) electrons. The van der Waals surface area contributed by atoms with Crippen LogP contribution < -0.4 is 15.5 Å². The van der Waals surface area contributed by atoms with Crippen LogP contribution in [0.15, 0.2) is 18.2 Å². The summed E-state index contributed by atoms with van der Waals surface area (Å²) in [5.41, 5.74) is 2.25. The van der Waals surface area contributed by atoms with Crippen LogP contribution in [0.2, 0.25) is 0 Å². The van der Waals surface area contributed by atoms with E-state index in [9.17, 15) is 0 Å². The quantitative estimate of drug-likeness (QED) is 0.742. The summed E-state index contributed by atoms with van der Waals surface area (Å²) in [6.45, 7) is 0.493. The highest BCUT2D eigenvalue weighted by Gasteiger charge is 2.05. The number of methoxy groups -OCH3 is 1. The average Bonchev–Trinajstić information content (AvgIpc) is 2.25. The van der Waals surface area contributed by atoms with Crippen molar-refractivity contribution in [3.05, 3.63) is 23.8 Å². The average molecular weight is 210 g/mol. The highest BCUT2D eigenvalue weighted by atomic mass is 16.6. The van der Waals surface area contributed by atoms with E-state index in [0.29, 0.717) is 6.61 Å². The molecule has 0 aliphatic heterocycles. The van der Waals surface area contributed by atoms with Gasteiger partial charge in [0.1, 0.15) is 5.75 Å². The van der Waals surface area contributed by atoms with Crippen molar-refractivity contribution in [3.63, 3.8) is 0 Å². The zero-order chi connectivity index (χ0) is 11.3. The summed E-state index contributed by atoms with van der Waals surface area (Å²) in [7, 11) is 5.67. The number of nitrogens with two attached hydrogens (primary N) is 1. The maximum absolute atomic E-state index is 5.26. The van der Waals surface area contributed by atoms with Gasteiger partial charge in [-0.25, -0.2) is 5.90 Å². The summed E-state index contributed by atoms with van der Waals surface area (Å²) < 4.78 is 5.26. The molecule has 0 fully saturated rings. The van der Waals surface area contributed by atoms with Gasteiger partial charge in [0.2, 0.25) is 0 Å². The van der Waals surface area contributed by atoms with Crippen LogP contribution in [0.25, 0.3) is 0 Å². The van der Waals surface area contributed by atoms with Gasteiger partial charge in [-0.15, -0.1) is 0 Å². The first-order valence-electron chi connectivity index (χ1n) is 4.85. The van der Waals surface area contributed by atoms with Crippen LogP contribution in [-0.2, 0) is 11.3 Å². The van der Waals surface area contributed by atoms with Gasteiger partial charge in [0.15, 0.2) is 0 Å². The predicted molar refractivity (Wildman–Crippen MR) is 61.2 cm³/mol. The van der Waals surface area contributed by atoms with Gasteiger partial charge in [0.05, 0.1) is 13.7 Å². The molecule has 1 aromatic rings. The first kappa shape index (κ1) is 11.8. The minimum absolute atomic E-state index is 0.493. The number of rotatable bonds is 5. The van der Waals surface area contributed by atoms with E-state index in [1.807, 2.05) is 31.1 Å². The van der Waals surface area contributed by atoms with Crippen LogP contribution in [0.3, 0.4) is 0 Å². The third-order valence-electron chi connectivity index (χ3n) is 2.27. The lowest BCUT2D eigenvalue weighted by molar-refractivity contribution is 0.140. The second-order valence-corrected chi connectivity index (χ2v) is 3.51. The Morgan fingerprint density at radius 1 is 1.33 bits per heavy atom. The Kier molecular flexibility index (Phi) is 4.39. The number of benzene rings is 1. The van der Waals surface area contributed by atoms with Gasteiger partial charge in [0, 0.05) is 26.2 Å². The van der Waals surface area contributed by atoms with E-state index in [0.717, 1.165) is 23.4 Å². The molecule has 0 aliphatic carbocycles. The number of ether oxygens (including phenoxy) is 1. The molecule has 84 valence electrons. The smallest absolute Gasteiger partial charge is 0.122 e. The molecule has 0 unspecified atom stereocenters. The lowest BCUT2D eigenvalue weighted by Crippen LogP contribution is -2.10. The van der Waals surface area contributed by atoms with Gasteiger partial charge >= 0.3 is 0 Å². The molecule has 0 saturated carbocycles. The fourth-order valence-corrected chi connectivity index (χ4v) is 1.41. The van der Waals surface area contributed by atoms with Crippen molar-refractivity contribution in [3.8, 4) is 5.75 Å². The Labute approximate surface area is 90.5 Å². The van der Waals surface area contributed by atoms with Gasteiger partial charge in [-0.2, -0.15) is 0 Å². The number of hydrogen-bond acceptors (Lipinski definition) is 4. The summed E-state index contributed by atoms with van der Waals surface area (Å²) in [4.78, 5) is 6.62. The summed E-state index contributed by atoms with van der Waals surface area (Å²) in [5.74, 6) is 5.89. The lowest BCUT2D eigenvalue weighted by atomic mass is 10.1. The highest BCUT2D eigenvalue weighted by molar-refractivity contribution is 5.52. The maximum atomic E-state index is 5.26. The van der Waals surface area contributed by atoms with Crippen molar-refractivity contribution >= 4 is 5.69 Å². The largest absolute Gasteiger partial charge is 0.496 e. The molecule has 1 aromatic carbocycles. The molecule has 0 heterocycles. The summed E-state index contributed by atoms with van der Waals surface area (Å²) in [5, 5.41) is 0. The number of hydrogen-bond donors (Lipinski definition) is 1. The summed E-state index contributed by atoms with van der Waals surface area (Å²) in [6.07, 6.45) is 0.751. The standard InChI is InChI=1S/C11H18N2O2/c1-13(2)10-4-5-11(14-3)9(8-10)6-7-15-12/h4-5,8H,6-7,12H2,1-3H3. The topological polar surface area (TPSA) is 47.7 Å². The second-order valence-electron chi connectivity index (χ2n) is 3.51. The summed E-state index contributed by atoms with van der Waals surface area (Å²) in [6, 6.07) is 6.06. The van der Waals surface area contributed by atoms with Crippen LogP contribution >= 0.6 is 0 Å². The zero-order valence-corrected chi connectivity index (χ0v) is 9.49. The molecule has 4 nitrogen and oxygen atoms in total. The third-order valence-corrected chi connectivity index (χ3v) is 2.27. The second kappa shape index (κ2) is 5.58. The number of nitrogens with zero attached hydrogens (tertiary/aromatic N) is 1. The normalized spacial score (nSPS) is 10.1. The van der Waals surface area contributed by atoms with Crippen molar-refractivity contribution in [1.29, 1.82) is 0 Å². The van der Waals surface area contributed by atoms with Crippen LogP contribution in [0.4, 0.5) is 5.69 Å². The van der Waals surface area contributed by atoms with E-state index in [2.05, 4.69) is 10.9 Å². The monoisotopic (exact) mass is 210 g/mol.